The number of hydrogen-bond donors (Lipinski definition) is 2. The molecule has 0 aromatic heterocycles. The van der Waals surface area contributed by atoms with Crippen LogP contribution >= 0.6 is 27.5 Å². The molecule has 17 heavy (non-hydrogen) atoms. The molecule has 0 saturated carbocycles. The van der Waals surface area contributed by atoms with E-state index in [-0.39, 0.29) is 9.92 Å². The Balaban J connectivity index is 2.83. The summed E-state index contributed by atoms with van der Waals surface area (Å²) in [5, 5.41) is 0.200. The van der Waals surface area contributed by atoms with Gasteiger partial charge in [0.1, 0.15) is 4.90 Å². The lowest BCUT2D eigenvalue weighted by atomic mass is 10.3. The largest absolute Gasteiger partial charge is 0.330 e. The molecule has 0 aliphatic heterocycles. The third kappa shape index (κ3) is 4.22. The van der Waals surface area contributed by atoms with Crippen molar-refractivity contribution in [3.8, 4) is 0 Å². The highest BCUT2D eigenvalue weighted by Gasteiger charge is 2.20. The molecular formula is C10H14BrClN2O2S. The van der Waals surface area contributed by atoms with E-state index in [1.54, 1.807) is 18.2 Å². The van der Waals surface area contributed by atoms with Crippen LogP contribution in [0.3, 0.4) is 0 Å². The summed E-state index contributed by atoms with van der Waals surface area (Å²) >= 11 is 9.07. The minimum Gasteiger partial charge on any atom is -0.330 e. The molecule has 0 atom stereocenters. The van der Waals surface area contributed by atoms with Crippen molar-refractivity contribution in [3.05, 3.63) is 27.7 Å². The Bertz CT molecular complexity index is 459. The van der Waals surface area contributed by atoms with E-state index in [2.05, 4.69) is 20.7 Å². The third-order valence-corrected chi connectivity index (χ3v) is 5.02. The molecule has 7 heteroatoms. The Labute approximate surface area is 115 Å². The van der Waals surface area contributed by atoms with Crippen LogP contribution in [0, 0.1) is 0 Å². The summed E-state index contributed by atoms with van der Waals surface area (Å²) in [5.41, 5.74) is 5.33. The Kier molecular flexibility index (Phi) is 5.88. The SMILES string of the molecule is NCCCCNS(=O)(=O)c1c(Cl)cccc1Br. The van der Waals surface area contributed by atoms with Gasteiger partial charge in [-0.15, -0.1) is 0 Å². The van der Waals surface area contributed by atoms with Crippen molar-refractivity contribution >= 4 is 37.6 Å². The maximum atomic E-state index is 12.0. The van der Waals surface area contributed by atoms with Gasteiger partial charge in [0.05, 0.1) is 5.02 Å². The van der Waals surface area contributed by atoms with Gasteiger partial charge >= 0.3 is 0 Å². The minimum atomic E-state index is -3.57. The molecule has 4 nitrogen and oxygen atoms in total. The fraction of sp³-hybridized carbons (Fsp3) is 0.400. The first-order chi connectivity index (χ1) is 7.99. The summed E-state index contributed by atoms with van der Waals surface area (Å²) < 4.78 is 26.9. The fourth-order valence-electron chi connectivity index (χ4n) is 1.29. The minimum absolute atomic E-state index is 0.0782. The van der Waals surface area contributed by atoms with Crippen molar-refractivity contribution in [1.29, 1.82) is 0 Å². The van der Waals surface area contributed by atoms with Crippen molar-refractivity contribution < 1.29 is 8.42 Å². The number of nitrogens with one attached hydrogen (secondary N) is 1. The second-order valence-electron chi connectivity index (χ2n) is 3.44. The predicted octanol–water partition coefficient (Wildman–Crippen LogP) is 2.12. The summed E-state index contributed by atoms with van der Waals surface area (Å²) in [6.07, 6.45) is 1.49. The van der Waals surface area contributed by atoms with Gasteiger partial charge in [-0.2, -0.15) is 0 Å². The average molecular weight is 342 g/mol. The lowest BCUT2D eigenvalue weighted by molar-refractivity contribution is 0.576. The van der Waals surface area contributed by atoms with Crippen LogP contribution in [0.25, 0.3) is 0 Å². The van der Waals surface area contributed by atoms with Gasteiger partial charge in [0.15, 0.2) is 0 Å². The summed E-state index contributed by atoms with van der Waals surface area (Å²) in [4.78, 5) is 0.0782. The van der Waals surface area contributed by atoms with E-state index >= 15 is 0 Å². The molecule has 1 aromatic carbocycles. The molecule has 0 unspecified atom stereocenters. The van der Waals surface area contributed by atoms with Crippen molar-refractivity contribution in [1.82, 2.24) is 4.72 Å². The van der Waals surface area contributed by atoms with Crippen LogP contribution in [0.1, 0.15) is 12.8 Å². The van der Waals surface area contributed by atoms with Crippen LogP contribution in [0.5, 0.6) is 0 Å². The molecule has 0 bridgehead atoms. The van der Waals surface area contributed by atoms with Crippen LogP contribution in [0.15, 0.2) is 27.6 Å². The molecule has 96 valence electrons. The van der Waals surface area contributed by atoms with Crippen LogP contribution in [-0.2, 0) is 10.0 Å². The zero-order valence-electron chi connectivity index (χ0n) is 9.12. The highest BCUT2D eigenvalue weighted by Crippen LogP contribution is 2.28. The standard InChI is InChI=1S/C10H14BrClN2O2S/c11-8-4-3-5-9(12)10(8)17(15,16)14-7-2-1-6-13/h3-5,14H,1-2,6-7,13H2. The monoisotopic (exact) mass is 340 g/mol. The Morgan fingerprint density at radius 2 is 2.06 bits per heavy atom. The van der Waals surface area contributed by atoms with Gasteiger partial charge in [0, 0.05) is 11.0 Å². The first kappa shape index (κ1) is 14.9. The molecule has 0 spiro atoms. The fourth-order valence-corrected chi connectivity index (χ4v) is 4.09. The first-order valence-corrected chi connectivity index (χ1v) is 7.78. The highest BCUT2D eigenvalue weighted by molar-refractivity contribution is 9.10. The number of halogens is 2. The molecule has 1 rings (SSSR count). The first-order valence-electron chi connectivity index (χ1n) is 5.13. The van der Waals surface area contributed by atoms with Gasteiger partial charge in [-0.1, -0.05) is 17.7 Å². The number of hydrogen-bond acceptors (Lipinski definition) is 3. The summed E-state index contributed by atoms with van der Waals surface area (Å²) in [7, 11) is -3.57. The quantitative estimate of drug-likeness (QED) is 0.779. The van der Waals surface area contributed by atoms with E-state index in [1.807, 2.05) is 0 Å². The average Bonchev–Trinajstić information content (AvgIpc) is 2.24. The number of rotatable bonds is 6. The Morgan fingerprint density at radius 3 is 2.65 bits per heavy atom. The zero-order valence-corrected chi connectivity index (χ0v) is 12.3. The molecule has 3 N–H and O–H groups in total. The zero-order chi connectivity index (χ0) is 12.9. The molecule has 0 saturated heterocycles. The maximum Gasteiger partial charge on any atom is 0.243 e. The van der Waals surface area contributed by atoms with Gasteiger partial charge in [-0.05, 0) is 47.4 Å². The summed E-state index contributed by atoms with van der Waals surface area (Å²) in [6.45, 7) is 0.911. The van der Waals surface area contributed by atoms with E-state index in [1.165, 1.54) is 0 Å². The number of benzene rings is 1. The van der Waals surface area contributed by atoms with E-state index in [4.69, 9.17) is 17.3 Å². The molecule has 0 aliphatic carbocycles. The molecule has 1 aromatic rings. The summed E-state index contributed by atoms with van der Waals surface area (Å²) in [5.74, 6) is 0. The molecule has 0 heterocycles. The van der Waals surface area contributed by atoms with Gasteiger partial charge < -0.3 is 5.73 Å². The highest BCUT2D eigenvalue weighted by atomic mass is 79.9. The summed E-state index contributed by atoms with van der Waals surface area (Å²) in [6, 6.07) is 4.86. The van der Waals surface area contributed by atoms with Crippen LogP contribution in [0.2, 0.25) is 5.02 Å². The second-order valence-corrected chi connectivity index (χ2v) is 6.41. The van der Waals surface area contributed by atoms with Crippen molar-refractivity contribution in [2.45, 2.75) is 17.7 Å². The lowest BCUT2D eigenvalue weighted by Crippen LogP contribution is -2.25. The van der Waals surface area contributed by atoms with Gasteiger partial charge in [0.2, 0.25) is 10.0 Å². The maximum absolute atomic E-state index is 12.0. The van der Waals surface area contributed by atoms with Gasteiger partial charge in [-0.3, -0.25) is 0 Å². The van der Waals surface area contributed by atoms with Crippen LogP contribution in [0.4, 0.5) is 0 Å². The number of unbranched alkanes of at least 4 members (excludes halogenated alkanes) is 1. The second kappa shape index (κ2) is 6.70. The molecule has 0 aliphatic rings. The van der Waals surface area contributed by atoms with E-state index in [0.29, 0.717) is 24.0 Å². The topological polar surface area (TPSA) is 72.2 Å². The number of nitrogens with two attached hydrogens (primary N) is 1. The van der Waals surface area contributed by atoms with Crippen LogP contribution in [-0.4, -0.2) is 21.5 Å². The van der Waals surface area contributed by atoms with E-state index in [9.17, 15) is 8.42 Å². The molecule has 0 fully saturated rings. The third-order valence-electron chi connectivity index (χ3n) is 2.11. The Hall–Kier alpha value is -0.140. The van der Waals surface area contributed by atoms with Gasteiger partial charge in [0.25, 0.3) is 0 Å². The molecule has 0 radical (unpaired) electrons. The molecular weight excluding hydrogens is 328 g/mol. The Morgan fingerprint density at radius 1 is 1.35 bits per heavy atom. The van der Waals surface area contributed by atoms with Crippen molar-refractivity contribution in [3.63, 3.8) is 0 Å². The van der Waals surface area contributed by atoms with E-state index < -0.39 is 10.0 Å². The number of sulfonamides is 1. The molecule has 0 amide bonds. The normalized spacial score (nSPS) is 11.7. The van der Waals surface area contributed by atoms with E-state index in [0.717, 1.165) is 6.42 Å². The van der Waals surface area contributed by atoms with Gasteiger partial charge in [-0.25, -0.2) is 13.1 Å². The van der Waals surface area contributed by atoms with Crippen molar-refractivity contribution in [2.24, 2.45) is 5.73 Å². The van der Waals surface area contributed by atoms with Crippen molar-refractivity contribution in [2.75, 3.05) is 13.1 Å². The lowest BCUT2D eigenvalue weighted by Gasteiger charge is -2.09. The van der Waals surface area contributed by atoms with Crippen LogP contribution < -0.4 is 10.5 Å². The smallest absolute Gasteiger partial charge is 0.243 e. The predicted molar refractivity (Wildman–Crippen MR) is 72.6 cm³/mol.